The van der Waals surface area contributed by atoms with Crippen molar-refractivity contribution < 1.29 is 9.47 Å². The van der Waals surface area contributed by atoms with Crippen LogP contribution in [0, 0.1) is 13.8 Å². The minimum Gasteiger partial charge on any atom is -0.375 e. The van der Waals surface area contributed by atoms with E-state index in [1.54, 1.807) is 0 Å². The highest BCUT2D eigenvalue weighted by Gasteiger charge is 2.28. The lowest BCUT2D eigenvalue weighted by molar-refractivity contribution is -0.247. The summed E-state index contributed by atoms with van der Waals surface area (Å²) in [7, 11) is 1.95. The molecule has 0 atom stereocenters. The van der Waals surface area contributed by atoms with E-state index in [0.29, 0.717) is 13.2 Å². The molecular weight excluding hydrogens is 218 g/mol. The first-order valence-electron chi connectivity index (χ1n) is 5.94. The smallest absolute Gasteiger partial charge is 0.162 e. The molecular formula is C12H21N3O2. The second-order valence-corrected chi connectivity index (χ2v) is 5.03. The minimum absolute atomic E-state index is 0.185. The molecule has 1 aliphatic heterocycles. The van der Waals surface area contributed by atoms with Crippen molar-refractivity contribution in [2.75, 3.05) is 18.5 Å². The van der Waals surface area contributed by atoms with Gasteiger partial charge in [-0.05, 0) is 27.7 Å². The fourth-order valence-corrected chi connectivity index (χ4v) is 1.96. The molecule has 2 rings (SSSR count). The molecule has 1 saturated heterocycles. The maximum atomic E-state index is 5.62. The molecule has 0 aromatic carbocycles. The van der Waals surface area contributed by atoms with Gasteiger partial charge in [0.15, 0.2) is 5.79 Å². The highest BCUT2D eigenvalue weighted by atomic mass is 16.7. The first-order chi connectivity index (χ1) is 7.89. The Morgan fingerprint density at radius 3 is 2.35 bits per heavy atom. The summed E-state index contributed by atoms with van der Waals surface area (Å²) in [6, 6.07) is 0.185. The fourth-order valence-electron chi connectivity index (χ4n) is 1.96. The summed E-state index contributed by atoms with van der Waals surface area (Å²) < 4.78 is 13.1. The summed E-state index contributed by atoms with van der Waals surface area (Å²) in [5.74, 6) is -0.461. The van der Waals surface area contributed by atoms with Gasteiger partial charge in [-0.1, -0.05) is 0 Å². The number of anilines is 1. The average Bonchev–Trinajstić information content (AvgIpc) is 2.48. The van der Waals surface area contributed by atoms with Crippen molar-refractivity contribution in [3.05, 3.63) is 11.4 Å². The Labute approximate surface area is 102 Å². The molecule has 1 aromatic heterocycles. The molecule has 0 unspecified atom stereocenters. The van der Waals surface area contributed by atoms with E-state index in [1.165, 1.54) is 0 Å². The second-order valence-electron chi connectivity index (χ2n) is 5.03. The number of ether oxygens (including phenoxy) is 2. The van der Waals surface area contributed by atoms with E-state index in [-0.39, 0.29) is 6.04 Å². The van der Waals surface area contributed by atoms with Crippen molar-refractivity contribution in [1.82, 2.24) is 9.78 Å². The largest absolute Gasteiger partial charge is 0.375 e. The van der Waals surface area contributed by atoms with Crippen LogP contribution in [0.25, 0.3) is 0 Å². The average molecular weight is 239 g/mol. The monoisotopic (exact) mass is 239 g/mol. The molecule has 1 aromatic rings. The summed E-state index contributed by atoms with van der Waals surface area (Å²) >= 11 is 0. The second kappa shape index (κ2) is 4.31. The summed E-state index contributed by atoms with van der Waals surface area (Å²) in [6.45, 7) is 9.23. The Kier molecular flexibility index (Phi) is 3.14. The van der Waals surface area contributed by atoms with Crippen LogP contribution < -0.4 is 5.32 Å². The van der Waals surface area contributed by atoms with Crippen LogP contribution in [0.4, 0.5) is 5.69 Å². The van der Waals surface area contributed by atoms with Crippen LogP contribution in [0.15, 0.2) is 0 Å². The maximum Gasteiger partial charge on any atom is 0.162 e. The van der Waals surface area contributed by atoms with Gasteiger partial charge in [0.25, 0.3) is 0 Å². The van der Waals surface area contributed by atoms with E-state index < -0.39 is 5.79 Å². The Balaban J connectivity index is 2.03. The first-order valence-corrected chi connectivity index (χ1v) is 5.94. The van der Waals surface area contributed by atoms with E-state index in [9.17, 15) is 0 Å². The number of nitrogens with zero attached hydrogens (tertiary/aromatic N) is 2. The van der Waals surface area contributed by atoms with Gasteiger partial charge in [0, 0.05) is 7.05 Å². The van der Waals surface area contributed by atoms with Crippen LogP contribution in [0.5, 0.6) is 0 Å². The lowest BCUT2D eigenvalue weighted by Gasteiger charge is -2.35. The van der Waals surface area contributed by atoms with Gasteiger partial charge in [0.05, 0.1) is 36.3 Å². The molecule has 0 bridgehead atoms. The number of aromatic nitrogens is 2. The number of nitrogens with one attached hydrogen (secondary N) is 1. The highest BCUT2D eigenvalue weighted by molar-refractivity contribution is 5.52. The summed E-state index contributed by atoms with van der Waals surface area (Å²) in [6.07, 6.45) is 0. The Morgan fingerprint density at radius 1 is 1.29 bits per heavy atom. The molecule has 1 N–H and O–H groups in total. The summed E-state index contributed by atoms with van der Waals surface area (Å²) in [5, 5.41) is 7.82. The van der Waals surface area contributed by atoms with E-state index >= 15 is 0 Å². The predicted molar refractivity (Wildman–Crippen MR) is 66.1 cm³/mol. The van der Waals surface area contributed by atoms with Crippen molar-refractivity contribution in [2.24, 2.45) is 7.05 Å². The zero-order valence-electron chi connectivity index (χ0n) is 11.2. The molecule has 0 amide bonds. The Morgan fingerprint density at radius 2 is 1.88 bits per heavy atom. The summed E-state index contributed by atoms with van der Waals surface area (Å²) in [4.78, 5) is 0. The van der Waals surface area contributed by atoms with E-state index in [1.807, 2.05) is 32.5 Å². The quantitative estimate of drug-likeness (QED) is 0.851. The number of rotatable bonds is 2. The first kappa shape index (κ1) is 12.4. The zero-order chi connectivity index (χ0) is 12.6. The molecule has 0 spiro atoms. The zero-order valence-corrected chi connectivity index (χ0v) is 11.2. The van der Waals surface area contributed by atoms with Gasteiger partial charge < -0.3 is 14.8 Å². The SMILES string of the molecule is Cc1nn(C)c(C)c1NC1COC(C)(C)OC1. The highest BCUT2D eigenvalue weighted by Crippen LogP contribution is 2.23. The van der Waals surface area contributed by atoms with Gasteiger partial charge >= 0.3 is 0 Å². The third-order valence-electron chi connectivity index (χ3n) is 3.12. The van der Waals surface area contributed by atoms with E-state index in [4.69, 9.17) is 9.47 Å². The molecule has 5 nitrogen and oxygen atoms in total. The molecule has 0 aliphatic carbocycles. The lowest BCUT2D eigenvalue weighted by Crippen LogP contribution is -2.45. The van der Waals surface area contributed by atoms with Crippen LogP contribution in [0.1, 0.15) is 25.2 Å². The van der Waals surface area contributed by atoms with Crippen molar-refractivity contribution in [2.45, 2.75) is 39.5 Å². The van der Waals surface area contributed by atoms with Crippen LogP contribution in [0.2, 0.25) is 0 Å². The topological polar surface area (TPSA) is 48.3 Å². The third kappa shape index (κ3) is 2.61. The molecule has 17 heavy (non-hydrogen) atoms. The van der Waals surface area contributed by atoms with Crippen molar-refractivity contribution in [3.8, 4) is 0 Å². The normalized spacial score (nSPS) is 20.5. The third-order valence-corrected chi connectivity index (χ3v) is 3.12. The Bertz CT molecular complexity index is 402. The number of aryl methyl sites for hydroxylation is 2. The number of hydrogen-bond donors (Lipinski definition) is 1. The molecule has 1 fully saturated rings. The Hall–Kier alpha value is -1.07. The van der Waals surface area contributed by atoms with Crippen LogP contribution >= 0.6 is 0 Å². The molecule has 5 heteroatoms. The molecule has 2 heterocycles. The van der Waals surface area contributed by atoms with Crippen molar-refractivity contribution in [3.63, 3.8) is 0 Å². The van der Waals surface area contributed by atoms with Gasteiger partial charge in [-0.2, -0.15) is 5.10 Å². The predicted octanol–water partition coefficient (Wildman–Crippen LogP) is 1.60. The van der Waals surface area contributed by atoms with Crippen molar-refractivity contribution >= 4 is 5.69 Å². The van der Waals surface area contributed by atoms with Crippen LogP contribution in [-0.4, -0.2) is 34.8 Å². The lowest BCUT2D eigenvalue weighted by atomic mass is 10.2. The van der Waals surface area contributed by atoms with Gasteiger partial charge in [-0.25, -0.2) is 0 Å². The van der Waals surface area contributed by atoms with Crippen LogP contribution in [0.3, 0.4) is 0 Å². The fraction of sp³-hybridized carbons (Fsp3) is 0.750. The van der Waals surface area contributed by atoms with Crippen molar-refractivity contribution in [1.29, 1.82) is 0 Å². The van der Waals surface area contributed by atoms with E-state index in [0.717, 1.165) is 17.1 Å². The van der Waals surface area contributed by atoms with Gasteiger partial charge in [0.1, 0.15) is 0 Å². The van der Waals surface area contributed by atoms with Gasteiger partial charge in [-0.3, -0.25) is 4.68 Å². The van der Waals surface area contributed by atoms with Crippen LogP contribution in [-0.2, 0) is 16.5 Å². The molecule has 0 radical (unpaired) electrons. The van der Waals surface area contributed by atoms with E-state index in [2.05, 4.69) is 17.3 Å². The minimum atomic E-state index is -0.461. The molecule has 1 aliphatic rings. The number of hydrogen-bond acceptors (Lipinski definition) is 4. The molecule has 0 saturated carbocycles. The molecule has 96 valence electrons. The maximum absolute atomic E-state index is 5.62. The summed E-state index contributed by atoms with van der Waals surface area (Å²) in [5.41, 5.74) is 3.23. The van der Waals surface area contributed by atoms with Gasteiger partial charge in [-0.15, -0.1) is 0 Å². The van der Waals surface area contributed by atoms with Gasteiger partial charge in [0.2, 0.25) is 0 Å². The standard InChI is InChI=1S/C12H21N3O2/c1-8-11(9(2)15(5)14-8)13-10-6-16-12(3,4)17-7-10/h10,13H,6-7H2,1-5H3.